The van der Waals surface area contributed by atoms with Gasteiger partial charge in [0.15, 0.2) is 0 Å². The number of rotatable bonds is 4. The van der Waals surface area contributed by atoms with E-state index in [1.54, 1.807) is 35.2 Å². The summed E-state index contributed by atoms with van der Waals surface area (Å²) in [6, 6.07) is 12.1. The van der Waals surface area contributed by atoms with Crippen molar-refractivity contribution >= 4 is 49.9 Å². The molecule has 24 heavy (non-hydrogen) atoms. The van der Waals surface area contributed by atoms with Crippen LogP contribution in [0, 0.1) is 3.57 Å². The molecule has 0 atom stereocenters. The number of nitrogens with zero attached hydrogens (tertiary/aromatic N) is 1. The van der Waals surface area contributed by atoms with E-state index in [0.717, 1.165) is 14.8 Å². The van der Waals surface area contributed by atoms with Crippen LogP contribution in [0.15, 0.2) is 47.4 Å². The smallest absolute Gasteiger partial charge is 0.261 e. The van der Waals surface area contributed by atoms with Crippen LogP contribution in [0.5, 0.6) is 0 Å². The van der Waals surface area contributed by atoms with Crippen LogP contribution in [-0.4, -0.2) is 20.9 Å². The molecular weight excluding hydrogens is 439 g/mol. The van der Waals surface area contributed by atoms with Crippen LogP contribution in [0.1, 0.15) is 18.9 Å². The Morgan fingerprint density at radius 3 is 2.58 bits per heavy atom. The first kappa shape index (κ1) is 17.2. The lowest BCUT2D eigenvalue weighted by Gasteiger charge is -2.16. The average Bonchev–Trinajstić information content (AvgIpc) is 2.99. The summed E-state index contributed by atoms with van der Waals surface area (Å²) in [5.41, 5.74) is 2.23. The van der Waals surface area contributed by atoms with Crippen molar-refractivity contribution < 1.29 is 13.2 Å². The van der Waals surface area contributed by atoms with E-state index in [1.165, 1.54) is 0 Å². The van der Waals surface area contributed by atoms with Gasteiger partial charge in [0.05, 0.1) is 4.90 Å². The van der Waals surface area contributed by atoms with Gasteiger partial charge in [-0.1, -0.05) is 6.92 Å². The fourth-order valence-corrected chi connectivity index (χ4v) is 4.20. The number of amides is 1. The molecule has 0 saturated heterocycles. The normalized spacial score (nSPS) is 13.7. The number of anilines is 2. The van der Waals surface area contributed by atoms with Gasteiger partial charge in [-0.3, -0.25) is 9.52 Å². The number of halogens is 1. The van der Waals surface area contributed by atoms with Gasteiger partial charge in [-0.05, 0) is 77.0 Å². The minimum Gasteiger partial charge on any atom is -0.312 e. The number of hydrogen-bond acceptors (Lipinski definition) is 3. The molecule has 1 amide bonds. The van der Waals surface area contributed by atoms with Gasteiger partial charge in [0.1, 0.15) is 0 Å². The van der Waals surface area contributed by atoms with Crippen molar-refractivity contribution in [1.82, 2.24) is 0 Å². The summed E-state index contributed by atoms with van der Waals surface area (Å²) in [5.74, 6) is 0.0568. The average molecular weight is 456 g/mol. The minimum absolute atomic E-state index is 0.0568. The highest BCUT2D eigenvalue weighted by Gasteiger charge is 2.25. The van der Waals surface area contributed by atoms with E-state index in [2.05, 4.69) is 27.3 Å². The van der Waals surface area contributed by atoms with Crippen LogP contribution in [0.4, 0.5) is 11.4 Å². The summed E-state index contributed by atoms with van der Waals surface area (Å²) in [7, 11) is -3.65. The number of carbonyl (C=O) groups excluding carboxylic acids is 1. The van der Waals surface area contributed by atoms with E-state index >= 15 is 0 Å². The topological polar surface area (TPSA) is 66.5 Å². The molecule has 7 heteroatoms. The molecule has 1 aliphatic heterocycles. The van der Waals surface area contributed by atoms with E-state index < -0.39 is 10.0 Å². The molecule has 0 aromatic heterocycles. The maximum absolute atomic E-state index is 12.6. The predicted octanol–water partition coefficient (Wildman–Crippen LogP) is 3.39. The van der Waals surface area contributed by atoms with Crippen molar-refractivity contribution in [2.75, 3.05) is 16.2 Å². The first-order valence-electron chi connectivity index (χ1n) is 7.62. The zero-order valence-corrected chi connectivity index (χ0v) is 16.1. The van der Waals surface area contributed by atoms with Crippen LogP contribution in [0.3, 0.4) is 0 Å². The Balaban J connectivity index is 1.87. The second kappa shape index (κ2) is 6.72. The van der Waals surface area contributed by atoms with E-state index in [0.29, 0.717) is 25.1 Å². The number of nitrogens with one attached hydrogen (secondary N) is 1. The molecule has 3 rings (SSSR count). The van der Waals surface area contributed by atoms with Gasteiger partial charge in [-0.15, -0.1) is 0 Å². The highest BCUT2D eigenvalue weighted by atomic mass is 127. The number of fused-ring (bicyclic) bond motifs is 1. The SMILES string of the molecule is CCC(=O)N1CCc2cc(S(=O)(=O)Nc3ccc(I)cc3)ccc21. The molecule has 0 bridgehead atoms. The number of benzene rings is 2. The van der Waals surface area contributed by atoms with Gasteiger partial charge in [0.25, 0.3) is 10.0 Å². The maximum Gasteiger partial charge on any atom is 0.261 e. The number of carbonyl (C=O) groups is 1. The van der Waals surface area contributed by atoms with Crippen LogP contribution >= 0.6 is 22.6 Å². The largest absolute Gasteiger partial charge is 0.312 e. The van der Waals surface area contributed by atoms with Crippen molar-refractivity contribution in [3.05, 3.63) is 51.6 Å². The second-order valence-electron chi connectivity index (χ2n) is 5.55. The molecule has 0 saturated carbocycles. The predicted molar refractivity (Wildman–Crippen MR) is 103 cm³/mol. The fourth-order valence-electron chi connectivity index (χ4n) is 2.73. The third kappa shape index (κ3) is 3.41. The molecule has 2 aromatic carbocycles. The van der Waals surface area contributed by atoms with Gasteiger partial charge in [0, 0.05) is 27.9 Å². The Morgan fingerprint density at radius 1 is 1.21 bits per heavy atom. The van der Waals surface area contributed by atoms with Crippen molar-refractivity contribution in [3.8, 4) is 0 Å². The van der Waals surface area contributed by atoms with Crippen LogP contribution in [0.25, 0.3) is 0 Å². The number of sulfonamides is 1. The zero-order chi connectivity index (χ0) is 17.3. The van der Waals surface area contributed by atoms with E-state index in [-0.39, 0.29) is 10.8 Å². The lowest BCUT2D eigenvalue weighted by molar-refractivity contribution is -0.118. The summed E-state index contributed by atoms with van der Waals surface area (Å²) in [6.07, 6.45) is 1.11. The van der Waals surface area contributed by atoms with Crippen molar-refractivity contribution in [1.29, 1.82) is 0 Å². The van der Waals surface area contributed by atoms with Gasteiger partial charge in [-0.2, -0.15) is 0 Å². The fraction of sp³-hybridized carbons (Fsp3) is 0.235. The molecule has 0 unspecified atom stereocenters. The summed E-state index contributed by atoms with van der Waals surface area (Å²) in [5, 5.41) is 0. The summed E-state index contributed by atoms with van der Waals surface area (Å²) < 4.78 is 28.8. The van der Waals surface area contributed by atoms with Gasteiger partial charge >= 0.3 is 0 Å². The minimum atomic E-state index is -3.65. The monoisotopic (exact) mass is 456 g/mol. The molecule has 1 N–H and O–H groups in total. The molecule has 1 heterocycles. The van der Waals surface area contributed by atoms with Gasteiger partial charge < -0.3 is 4.90 Å². The standard InChI is InChI=1S/C17H17IN2O3S/c1-2-17(21)20-10-9-12-11-15(7-8-16(12)20)24(22,23)19-14-5-3-13(18)4-6-14/h3-8,11,19H,2,9-10H2,1H3. The van der Waals surface area contributed by atoms with Crippen molar-refractivity contribution in [3.63, 3.8) is 0 Å². The van der Waals surface area contributed by atoms with Crippen LogP contribution in [0.2, 0.25) is 0 Å². The number of hydrogen-bond donors (Lipinski definition) is 1. The lowest BCUT2D eigenvalue weighted by atomic mass is 10.2. The second-order valence-corrected chi connectivity index (χ2v) is 8.48. The molecule has 0 radical (unpaired) electrons. The van der Waals surface area contributed by atoms with E-state index in [4.69, 9.17) is 0 Å². The zero-order valence-electron chi connectivity index (χ0n) is 13.1. The van der Waals surface area contributed by atoms with Crippen molar-refractivity contribution in [2.24, 2.45) is 0 Å². The molecule has 2 aromatic rings. The highest BCUT2D eigenvalue weighted by molar-refractivity contribution is 14.1. The van der Waals surface area contributed by atoms with Crippen LogP contribution < -0.4 is 9.62 Å². The first-order valence-corrected chi connectivity index (χ1v) is 10.2. The maximum atomic E-state index is 12.6. The lowest BCUT2D eigenvalue weighted by Crippen LogP contribution is -2.27. The Kier molecular flexibility index (Phi) is 4.82. The molecular formula is C17H17IN2O3S. The quantitative estimate of drug-likeness (QED) is 0.718. The molecule has 0 aliphatic carbocycles. The first-order chi connectivity index (χ1) is 11.4. The Morgan fingerprint density at radius 2 is 1.92 bits per heavy atom. The van der Waals surface area contributed by atoms with Gasteiger partial charge in [0.2, 0.25) is 5.91 Å². The summed E-state index contributed by atoms with van der Waals surface area (Å²) in [4.78, 5) is 13.9. The Bertz CT molecular complexity index is 879. The Labute approximate surface area is 155 Å². The molecule has 1 aliphatic rings. The van der Waals surface area contributed by atoms with Crippen LogP contribution in [-0.2, 0) is 21.2 Å². The van der Waals surface area contributed by atoms with E-state index in [1.807, 2.05) is 19.1 Å². The molecule has 0 spiro atoms. The third-order valence-electron chi connectivity index (χ3n) is 3.96. The molecule has 5 nitrogen and oxygen atoms in total. The molecule has 0 fully saturated rings. The highest BCUT2D eigenvalue weighted by Crippen LogP contribution is 2.31. The summed E-state index contributed by atoms with van der Waals surface area (Å²) in [6.45, 7) is 2.43. The van der Waals surface area contributed by atoms with Crippen molar-refractivity contribution in [2.45, 2.75) is 24.7 Å². The Hall–Kier alpha value is -1.61. The third-order valence-corrected chi connectivity index (χ3v) is 6.05. The van der Waals surface area contributed by atoms with Gasteiger partial charge in [-0.25, -0.2) is 8.42 Å². The summed E-state index contributed by atoms with van der Waals surface area (Å²) >= 11 is 2.17. The van der Waals surface area contributed by atoms with E-state index in [9.17, 15) is 13.2 Å². The molecule has 126 valence electrons.